The first-order valence-electron chi connectivity index (χ1n) is 4.52. The second-order valence-corrected chi connectivity index (χ2v) is 4.08. The van der Waals surface area contributed by atoms with E-state index in [0.717, 1.165) is 10.0 Å². The van der Waals surface area contributed by atoms with Crippen molar-refractivity contribution >= 4 is 21.6 Å². The van der Waals surface area contributed by atoms with Crippen molar-refractivity contribution in [1.82, 2.24) is 0 Å². The van der Waals surface area contributed by atoms with Gasteiger partial charge in [-0.1, -0.05) is 40.2 Å². The molecular formula is C12H10BrNO. The Bertz CT molecular complexity index is 476. The smallest absolute Gasteiger partial charge is 0.125 e. The average Bonchev–Trinajstić information content (AvgIpc) is 2.20. The number of hydrogen-bond donors (Lipinski definition) is 2. The third-order valence-corrected chi connectivity index (χ3v) is 2.91. The van der Waals surface area contributed by atoms with Gasteiger partial charge in [0.15, 0.2) is 0 Å². The van der Waals surface area contributed by atoms with Crippen LogP contribution in [0, 0.1) is 0 Å². The summed E-state index contributed by atoms with van der Waals surface area (Å²) in [5.41, 5.74) is 7.98. The number of nitrogens with two attached hydrogens (primary N) is 1. The van der Waals surface area contributed by atoms with Gasteiger partial charge in [-0.15, -0.1) is 0 Å². The summed E-state index contributed by atoms with van der Waals surface area (Å²) < 4.78 is 0.915. The van der Waals surface area contributed by atoms with Gasteiger partial charge in [-0.05, 0) is 18.2 Å². The molecule has 76 valence electrons. The molecule has 0 aliphatic heterocycles. The Kier molecular flexibility index (Phi) is 2.64. The highest BCUT2D eigenvalue weighted by atomic mass is 79.9. The van der Waals surface area contributed by atoms with Gasteiger partial charge in [0.05, 0.1) is 0 Å². The molecule has 0 spiro atoms. The Morgan fingerprint density at radius 3 is 2.40 bits per heavy atom. The van der Waals surface area contributed by atoms with Gasteiger partial charge in [0.1, 0.15) is 5.75 Å². The molecule has 3 heteroatoms. The topological polar surface area (TPSA) is 46.2 Å². The Hall–Kier alpha value is -1.48. The second kappa shape index (κ2) is 3.95. The molecule has 0 atom stereocenters. The Morgan fingerprint density at radius 2 is 1.73 bits per heavy atom. The summed E-state index contributed by atoms with van der Waals surface area (Å²) >= 11 is 3.43. The molecule has 2 aromatic rings. The summed E-state index contributed by atoms with van der Waals surface area (Å²) in [4.78, 5) is 0. The predicted octanol–water partition coefficient (Wildman–Crippen LogP) is 3.40. The predicted molar refractivity (Wildman–Crippen MR) is 65.7 cm³/mol. The van der Waals surface area contributed by atoms with E-state index in [4.69, 9.17) is 5.73 Å². The largest absolute Gasteiger partial charge is 0.507 e. The third-order valence-electron chi connectivity index (χ3n) is 2.22. The highest BCUT2D eigenvalue weighted by Gasteiger charge is 2.10. The first-order valence-corrected chi connectivity index (χ1v) is 5.32. The molecule has 0 aromatic heterocycles. The molecule has 2 aromatic carbocycles. The SMILES string of the molecule is Nc1cccc(O)c1-c1ccccc1Br. The van der Waals surface area contributed by atoms with E-state index in [2.05, 4.69) is 15.9 Å². The molecule has 3 N–H and O–H groups in total. The molecule has 0 aliphatic carbocycles. The van der Waals surface area contributed by atoms with Crippen molar-refractivity contribution in [3.63, 3.8) is 0 Å². The fourth-order valence-electron chi connectivity index (χ4n) is 1.51. The van der Waals surface area contributed by atoms with E-state index in [1.165, 1.54) is 0 Å². The lowest BCUT2D eigenvalue weighted by molar-refractivity contribution is 0.477. The zero-order valence-corrected chi connectivity index (χ0v) is 9.53. The van der Waals surface area contributed by atoms with E-state index >= 15 is 0 Å². The van der Waals surface area contributed by atoms with Crippen molar-refractivity contribution in [3.8, 4) is 16.9 Å². The zero-order valence-electron chi connectivity index (χ0n) is 7.94. The fourth-order valence-corrected chi connectivity index (χ4v) is 2.00. The van der Waals surface area contributed by atoms with Crippen LogP contribution in [-0.2, 0) is 0 Å². The van der Waals surface area contributed by atoms with Crippen LogP contribution in [0.15, 0.2) is 46.9 Å². The maximum atomic E-state index is 9.77. The number of phenolic OH excluding ortho intramolecular Hbond substituents is 1. The number of phenols is 1. The van der Waals surface area contributed by atoms with Crippen molar-refractivity contribution in [2.75, 3.05) is 5.73 Å². The molecule has 2 nitrogen and oxygen atoms in total. The van der Waals surface area contributed by atoms with Crippen LogP contribution in [0.3, 0.4) is 0 Å². The Labute approximate surface area is 96.5 Å². The Balaban J connectivity index is 2.69. The second-order valence-electron chi connectivity index (χ2n) is 3.22. The van der Waals surface area contributed by atoms with E-state index in [0.29, 0.717) is 11.3 Å². The minimum Gasteiger partial charge on any atom is -0.507 e. The van der Waals surface area contributed by atoms with Crippen LogP contribution in [0.5, 0.6) is 5.75 Å². The normalized spacial score (nSPS) is 10.2. The number of hydrogen-bond acceptors (Lipinski definition) is 2. The number of benzene rings is 2. The molecule has 0 unspecified atom stereocenters. The van der Waals surface area contributed by atoms with Crippen molar-refractivity contribution in [1.29, 1.82) is 0 Å². The molecule has 0 fully saturated rings. The van der Waals surface area contributed by atoms with Gasteiger partial charge in [-0.25, -0.2) is 0 Å². The lowest BCUT2D eigenvalue weighted by Crippen LogP contribution is -1.90. The van der Waals surface area contributed by atoms with E-state index in [-0.39, 0.29) is 5.75 Å². The van der Waals surface area contributed by atoms with Crippen LogP contribution in [0.1, 0.15) is 0 Å². The molecule has 0 saturated carbocycles. The van der Waals surface area contributed by atoms with Crippen LogP contribution in [0.25, 0.3) is 11.1 Å². The summed E-state index contributed by atoms with van der Waals surface area (Å²) in [6.45, 7) is 0. The van der Waals surface area contributed by atoms with Gasteiger partial charge in [-0.2, -0.15) is 0 Å². The average molecular weight is 264 g/mol. The molecule has 0 aliphatic rings. The fraction of sp³-hybridized carbons (Fsp3) is 0. The first-order chi connectivity index (χ1) is 7.20. The van der Waals surface area contributed by atoms with Gasteiger partial charge in [0.25, 0.3) is 0 Å². The molecular weight excluding hydrogens is 254 g/mol. The highest BCUT2D eigenvalue weighted by molar-refractivity contribution is 9.10. The highest BCUT2D eigenvalue weighted by Crippen LogP contribution is 2.38. The molecule has 0 heterocycles. The van der Waals surface area contributed by atoms with Crippen LogP contribution >= 0.6 is 15.9 Å². The number of nitrogen functional groups attached to an aromatic ring is 1. The third kappa shape index (κ3) is 1.83. The van der Waals surface area contributed by atoms with E-state index in [1.807, 2.05) is 24.3 Å². The van der Waals surface area contributed by atoms with Crippen LogP contribution < -0.4 is 5.73 Å². The molecule has 0 radical (unpaired) electrons. The van der Waals surface area contributed by atoms with Crippen molar-refractivity contribution in [2.24, 2.45) is 0 Å². The lowest BCUT2D eigenvalue weighted by atomic mass is 10.0. The van der Waals surface area contributed by atoms with Crippen molar-refractivity contribution in [2.45, 2.75) is 0 Å². The minimum atomic E-state index is 0.196. The van der Waals surface area contributed by atoms with Gasteiger partial charge in [0.2, 0.25) is 0 Å². The monoisotopic (exact) mass is 263 g/mol. The van der Waals surface area contributed by atoms with Gasteiger partial charge < -0.3 is 10.8 Å². The summed E-state index contributed by atoms with van der Waals surface area (Å²) in [5.74, 6) is 0.196. The van der Waals surface area contributed by atoms with Crippen molar-refractivity contribution < 1.29 is 5.11 Å². The lowest BCUT2D eigenvalue weighted by Gasteiger charge is -2.09. The standard InChI is InChI=1S/C12H10BrNO/c13-9-5-2-1-4-8(9)12-10(14)6-3-7-11(12)15/h1-7,15H,14H2. The maximum absolute atomic E-state index is 9.77. The number of aromatic hydroxyl groups is 1. The summed E-state index contributed by atoms with van der Waals surface area (Å²) in [6.07, 6.45) is 0. The number of rotatable bonds is 1. The van der Waals surface area contributed by atoms with E-state index in [9.17, 15) is 5.11 Å². The molecule has 2 rings (SSSR count). The van der Waals surface area contributed by atoms with Crippen LogP contribution in [0.4, 0.5) is 5.69 Å². The summed E-state index contributed by atoms with van der Waals surface area (Å²) in [7, 11) is 0. The summed E-state index contributed by atoms with van der Waals surface area (Å²) in [5, 5.41) is 9.77. The molecule has 0 amide bonds. The number of anilines is 1. The molecule has 15 heavy (non-hydrogen) atoms. The number of halogens is 1. The first kappa shape index (κ1) is 10.1. The molecule has 0 bridgehead atoms. The van der Waals surface area contributed by atoms with Gasteiger partial charge in [-0.3, -0.25) is 0 Å². The maximum Gasteiger partial charge on any atom is 0.125 e. The molecule has 0 saturated heterocycles. The van der Waals surface area contributed by atoms with E-state index in [1.54, 1.807) is 18.2 Å². The quantitative estimate of drug-likeness (QED) is 0.775. The van der Waals surface area contributed by atoms with Gasteiger partial charge in [0, 0.05) is 21.3 Å². The zero-order chi connectivity index (χ0) is 10.8. The van der Waals surface area contributed by atoms with Crippen molar-refractivity contribution in [3.05, 3.63) is 46.9 Å². The summed E-state index contributed by atoms with van der Waals surface area (Å²) in [6, 6.07) is 12.8. The van der Waals surface area contributed by atoms with E-state index < -0.39 is 0 Å². The van der Waals surface area contributed by atoms with Crippen LogP contribution in [-0.4, -0.2) is 5.11 Å². The minimum absolute atomic E-state index is 0.196. The van der Waals surface area contributed by atoms with Gasteiger partial charge >= 0.3 is 0 Å². The van der Waals surface area contributed by atoms with Crippen LogP contribution in [0.2, 0.25) is 0 Å². The Morgan fingerprint density at radius 1 is 1.00 bits per heavy atom.